The molecule has 0 spiro atoms. The van der Waals surface area contributed by atoms with Crippen LogP contribution in [0.4, 0.5) is 0 Å². The molecule has 3 nitrogen and oxygen atoms in total. The molecule has 5 heteroatoms. The molecule has 3 atom stereocenters. The third-order valence-corrected chi connectivity index (χ3v) is 6.21. The van der Waals surface area contributed by atoms with Crippen molar-refractivity contribution >= 4 is 23.5 Å². The van der Waals surface area contributed by atoms with Crippen LogP contribution in [0.5, 0.6) is 0 Å². The number of aromatic nitrogens is 2. The lowest BCUT2D eigenvalue weighted by molar-refractivity contribution is 0.515. The van der Waals surface area contributed by atoms with Gasteiger partial charge < -0.3 is 9.88 Å². The maximum Gasteiger partial charge on any atom is 0.126 e. The summed E-state index contributed by atoms with van der Waals surface area (Å²) < 4.78 is 2.12. The van der Waals surface area contributed by atoms with Crippen molar-refractivity contribution in [1.82, 2.24) is 14.9 Å². The Balaban J connectivity index is 2.18. The second-order valence-electron chi connectivity index (χ2n) is 4.07. The Morgan fingerprint density at radius 1 is 1.50 bits per heavy atom. The van der Waals surface area contributed by atoms with Crippen molar-refractivity contribution < 1.29 is 0 Å². The van der Waals surface area contributed by atoms with Gasteiger partial charge in [-0.25, -0.2) is 4.98 Å². The summed E-state index contributed by atoms with van der Waals surface area (Å²) in [6, 6.07) is 0.354. The van der Waals surface area contributed by atoms with Crippen molar-refractivity contribution in [3.63, 3.8) is 0 Å². The zero-order valence-corrected chi connectivity index (χ0v) is 11.6. The molecule has 0 aromatic carbocycles. The quantitative estimate of drug-likeness (QED) is 0.896. The molecule has 2 rings (SSSR count). The molecular weight excluding hydrogens is 238 g/mol. The molecule has 0 aliphatic carbocycles. The van der Waals surface area contributed by atoms with Gasteiger partial charge in [-0.15, -0.1) is 0 Å². The Hall–Kier alpha value is -0.130. The van der Waals surface area contributed by atoms with E-state index in [-0.39, 0.29) is 0 Å². The summed E-state index contributed by atoms with van der Waals surface area (Å²) in [6.45, 7) is 2.33. The predicted molar refractivity (Wildman–Crippen MR) is 73.2 cm³/mol. The molecular formula is C11H19N3S2. The van der Waals surface area contributed by atoms with Crippen molar-refractivity contribution in [1.29, 1.82) is 0 Å². The molecule has 1 fully saturated rings. The standard InChI is InChI=1S/C11H19N3S2/c1-8-10(16-7-6-15-8)9(12-2)11-13-4-5-14(11)3/h4-5,8-10,12H,6-7H2,1-3H3. The molecule has 0 saturated carbocycles. The summed E-state index contributed by atoms with van der Waals surface area (Å²) in [5, 5.41) is 4.73. The first-order chi connectivity index (χ1) is 7.74. The van der Waals surface area contributed by atoms with Crippen molar-refractivity contribution in [2.45, 2.75) is 23.5 Å². The average molecular weight is 257 g/mol. The molecule has 1 N–H and O–H groups in total. The summed E-state index contributed by atoms with van der Waals surface area (Å²) in [6.07, 6.45) is 3.90. The minimum absolute atomic E-state index is 0.354. The zero-order valence-electron chi connectivity index (χ0n) is 10.0. The van der Waals surface area contributed by atoms with Crippen molar-refractivity contribution in [2.24, 2.45) is 7.05 Å². The number of hydrogen-bond donors (Lipinski definition) is 1. The van der Waals surface area contributed by atoms with E-state index in [1.54, 1.807) is 0 Å². The highest BCUT2D eigenvalue weighted by Gasteiger charge is 2.32. The van der Waals surface area contributed by atoms with E-state index in [0.717, 1.165) is 5.82 Å². The maximum absolute atomic E-state index is 4.47. The highest BCUT2D eigenvalue weighted by molar-refractivity contribution is 8.07. The summed E-state index contributed by atoms with van der Waals surface area (Å²) in [4.78, 5) is 4.47. The lowest BCUT2D eigenvalue weighted by atomic mass is 10.1. The fourth-order valence-electron chi connectivity index (χ4n) is 2.13. The number of imidazole rings is 1. The fraction of sp³-hybridized carbons (Fsp3) is 0.727. The van der Waals surface area contributed by atoms with E-state index >= 15 is 0 Å². The van der Waals surface area contributed by atoms with Crippen LogP contribution in [0.3, 0.4) is 0 Å². The molecule has 1 aliphatic heterocycles. The van der Waals surface area contributed by atoms with Crippen LogP contribution >= 0.6 is 23.5 Å². The molecule has 1 aliphatic rings. The van der Waals surface area contributed by atoms with Gasteiger partial charge in [-0.05, 0) is 7.05 Å². The van der Waals surface area contributed by atoms with Crippen LogP contribution in [-0.4, -0.2) is 38.6 Å². The van der Waals surface area contributed by atoms with Crippen LogP contribution in [0, 0.1) is 0 Å². The van der Waals surface area contributed by atoms with E-state index in [0.29, 0.717) is 16.5 Å². The summed E-state index contributed by atoms with van der Waals surface area (Å²) in [7, 11) is 4.10. The Morgan fingerprint density at radius 3 is 2.81 bits per heavy atom. The van der Waals surface area contributed by atoms with Gasteiger partial charge in [0.2, 0.25) is 0 Å². The third kappa shape index (κ3) is 2.41. The van der Waals surface area contributed by atoms with Gasteiger partial charge in [-0.2, -0.15) is 23.5 Å². The Morgan fingerprint density at radius 2 is 2.25 bits per heavy atom. The molecule has 16 heavy (non-hydrogen) atoms. The van der Waals surface area contributed by atoms with Crippen molar-refractivity contribution in [2.75, 3.05) is 18.6 Å². The fourth-order valence-corrected chi connectivity index (χ4v) is 5.09. The maximum atomic E-state index is 4.47. The Kier molecular flexibility index (Phi) is 4.21. The molecule has 0 radical (unpaired) electrons. The van der Waals surface area contributed by atoms with Crippen molar-refractivity contribution in [3.05, 3.63) is 18.2 Å². The van der Waals surface area contributed by atoms with Gasteiger partial charge in [0.1, 0.15) is 5.82 Å². The van der Waals surface area contributed by atoms with Crippen LogP contribution in [0.25, 0.3) is 0 Å². The van der Waals surface area contributed by atoms with Crippen LogP contribution in [0.1, 0.15) is 18.8 Å². The smallest absolute Gasteiger partial charge is 0.126 e. The summed E-state index contributed by atoms with van der Waals surface area (Å²) >= 11 is 4.15. The lowest BCUT2D eigenvalue weighted by Crippen LogP contribution is -2.37. The monoisotopic (exact) mass is 257 g/mol. The van der Waals surface area contributed by atoms with E-state index in [1.165, 1.54) is 11.5 Å². The SMILES string of the molecule is CNC(c1nccn1C)C1SCCSC1C. The van der Waals surface area contributed by atoms with Gasteiger partial charge in [0.25, 0.3) is 0 Å². The average Bonchev–Trinajstić information content (AvgIpc) is 2.69. The topological polar surface area (TPSA) is 29.9 Å². The van der Waals surface area contributed by atoms with Crippen LogP contribution in [-0.2, 0) is 7.05 Å². The van der Waals surface area contributed by atoms with Gasteiger partial charge in [-0.1, -0.05) is 6.92 Å². The summed E-state index contributed by atoms with van der Waals surface area (Å²) in [5.41, 5.74) is 0. The number of nitrogens with zero attached hydrogens (tertiary/aromatic N) is 2. The minimum Gasteiger partial charge on any atom is -0.337 e. The Bertz CT molecular complexity index is 340. The van der Waals surface area contributed by atoms with E-state index < -0.39 is 0 Å². The first kappa shape index (κ1) is 12.3. The molecule has 0 bridgehead atoms. The highest BCUT2D eigenvalue weighted by atomic mass is 32.2. The lowest BCUT2D eigenvalue weighted by Gasteiger charge is -2.33. The molecule has 1 saturated heterocycles. The Labute approximate surface area is 106 Å². The first-order valence-corrected chi connectivity index (χ1v) is 7.71. The normalized spacial score (nSPS) is 27.9. The van der Waals surface area contributed by atoms with Gasteiger partial charge >= 0.3 is 0 Å². The van der Waals surface area contributed by atoms with Crippen LogP contribution < -0.4 is 5.32 Å². The number of rotatable bonds is 3. The minimum atomic E-state index is 0.354. The third-order valence-electron chi connectivity index (χ3n) is 3.01. The zero-order chi connectivity index (χ0) is 11.5. The summed E-state index contributed by atoms with van der Waals surface area (Å²) in [5.74, 6) is 3.68. The molecule has 90 valence electrons. The van der Waals surface area contributed by atoms with Gasteiger partial charge in [0.05, 0.1) is 6.04 Å². The van der Waals surface area contributed by atoms with E-state index in [1.807, 2.05) is 19.4 Å². The highest BCUT2D eigenvalue weighted by Crippen LogP contribution is 2.37. The number of nitrogens with one attached hydrogen (secondary N) is 1. The number of aryl methyl sites for hydroxylation is 1. The second kappa shape index (κ2) is 5.47. The van der Waals surface area contributed by atoms with Crippen LogP contribution in [0.15, 0.2) is 12.4 Å². The second-order valence-corrected chi connectivity index (χ2v) is 6.85. The largest absolute Gasteiger partial charge is 0.337 e. The van der Waals surface area contributed by atoms with E-state index in [4.69, 9.17) is 0 Å². The molecule has 1 aromatic rings. The number of thioether (sulfide) groups is 2. The van der Waals surface area contributed by atoms with Gasteiger partial charge in [0.15, 0.2) is 0 Å². The molecule has 2 heterocycles. The van der Waals surface area contributed by atoms with E-state index in [9.17, 15) is 0 Å². The predicted octanol–water partition coefficient (Wildman–Crippen LogP) is 1.92. The van der Waals surface area contributed by atoms with Crippen molar-refractivity contribution in [3.8, 4) is 0 Å². The molecule has 3 unspecified atom stereocenters. The number of hydrogen-bond acceptors (Lipinski definition) is 4. The molecule has 0 amide bonds. The van der Waals surface area contributed by atoms with Crippen LogP contribution in [0.2, 0.25) is 0 Å². The first-order valence-electron chi connectivity index (χ1n) is 5.61. The van der Waals surface area contributed by atoms with Gasteiger partial charge in [0, 0.05) is 41.4 Å². The molecule has 1 aromatic heterocycles. The van der Waals surface area contributed by atoms with Gasteiger partial charge in [-0.3, -0.25) is 0 Å². The van der Waals surface area contributed by atoms with E-state index in [2.05, 4.69) is 52.4 Å².